The van der Waals surface area contributed by atoms with Crippen molar-refractivity contribution in [3.05, 3.63) is 0 Å². The second-order valence-electron chi connectivity index (χ2n) is 2.37. The zero-order chi connectivity index (χ0) is 7.44. The quantitative estimate of drug-likeness (QED) is 0.679. The molecule has 2 N–H and O–H groups in total. The number of ketones is 1. The molecule has 0 spiro atoms. The number of rotatable bonds is 3. The van der Waals surface area contributed by atoms with Crippen molar-refractivity contribution in [1.82, 2.24) is 0 Å². The Morgan fingerprint density at radius 2 is 2.11 bits per heavy atom. The van der Waals surface area contributed by atoms with E-state index in [4.69, 9.17) is 5.73 Å². The molecule has 0 radical (unpaired) electrons. The predicted octanol–water partition coefficient (Wildman–Crippen LogP) is 0.934. The molecular weight excluding hydrogens is 182 g/mol. The fourth-order valence-corrected chi connectivity index (χ4v) is 0.835. The van der Waals surface area contributed by atoms with Crippen LogP contribution in [-0.2, 0) is 4.79 Å². The van der Waals surface area contributed by atoms with Crippen LogP contribution in [0.4, 0.5) is 0 Å². The predicted molar refractivity (Wildman–Crippen MR) is 41.6 cm³/mol. The van der Waals surface area contributed by atoms with Crippen molar-refractivity contribution in [2.45, 2.75) is 19.9 Å². The summed E-state index contributed by atoms with van der Waals surface area (Å²) in [7, 11) is 0. The van der Waals surface area contributed by atoms with E-state index in [0.717, 1.165) is 0 Å². The molecule has 0 amide bonds. The van der Waals surface area contributed by atoms with Crippen molar-refractivity contribution in [1.29, 1.82) is 0 Å². The summed E-state index contributed by atoms with van der Waals surface area (Å²) in [6.45, 7) is 3.87. The molecule has 0 fully saturated rings. The van der Waals surface area contributed by atoms with Crippen LogP contribution in [0.25, 0.3) is 0 Å². The lowest BCUT2D eigenvalue weighted by Crippen LogP contribution is -2.36. The first-order valence-electron chi connectivity index (χ1n) is 2.93. The van der Waals surface area contributed by atoms with E-state index in [1.54, 1.807) is 0 Å². The molecule has 0 heterocycles. The fourth-order valence-electron chi connectivity index (χ4n) is 0.461. The first-order chi connectivity index (χ1) is 4.09. The average Bonchev–Trinajstić information content (AvgIpc) is 1.84. The standard InChI is InChI=1S/C6H12BrNO/c1-4(2)6(8)5(9)3-7/h4,6H,3,8H2,1-2H3/t6-/m1/s1. The minimum absolute atomic E-state index is 0.0741. The highest BCUT2D eigenvalue weighted by molar-refractivity contribution is 9.09. The molecular formula is C6H12BrNO. The zero-order valence-corrected chi connectivity index (χ0v) is 7.31. The maximum atomic E-state index is 10.8. The van der Waals surface area contributed by atoms with Gasteiger partial charge in [0.25, 0.3) is 0 Å². The molecule has 0 aromatic heterocycles. The van der Waals surface area contributed by atoms with Crippen LogP contribution in [0.2, 0.25) is 0 Å². The molecule has 9 heavy (non-hydrogen) atoms. The Balaban J connectivity index is 3.72. The van der Waals surface area contributed by atoms with Crippen LogP contribution in [0, 0.1) is 5.92 Å². The number of nitrogens with two attached hydrogens (primary N) is 1. The van der Waals surface area contributed by atoms with Gasteiger partial charge in [-0.15, -0.1) is 0 Å². The number of Topliss-reactive ketones (excluding diaryl/α,β-unsaturated/α-hetero) is 1. The molecule has 0 aromatic rings. The van der Waals surface area contributed by atoms with E-state index in [9.17, 15) is 4.79 Å². The van der Waals surface area contributed by atoms with E-state index in [1.165, 1.54) is 0 Å². The Hall–Kier alpha value is 0.110. The molecule has 0 unspecified atom stereocenters. The smallest absolute Gasteiger partial charge is 0.160 e. The molecule has 0 aliphatic carbocycles. The maximum absolute atomic E-state index is 10.8. The van der Waals surface area contributed by atoms with Gasteiger partial charge in [-0.1, -0.05) is 29.8 Å². The monoisotopic (exact) mass is 193 g/mol. The molecule has 0 rings (SSSR count). The van der Waals surface area contributed by atoms with Gasteiger partial charge in [0.15, 0.2) is 5.78 Å². The first-order valence-corrected chi connectivity index (χ1v) is 4.06. The third-order valence-corrected chi connectivity index (χ3v) is 1.77. The molecule has 0 bridgehead atoms. The van der Waals surface area contributed by atoms with Gasteiger partial charge in [0.2, 0.25) is 0 Å². The normalized spacial score (nSPS) is 13.9. The van der Waals surface area contributed by atoms with Crippen LogP contribution < -0.4 is 5.73 Å². The van der Waals surface area contributed by atoms with Crippen molar-refractivity contribution in [2.24, 2.45) is 11.7 Å². The molecule has 0 aliphatic heterocycles. The van der Waals surface area contributed by atoms with Crippen molar-refractivity contribution in [2.75, 3.05) is 5.33 Å². The van der Waals surface area contributed by atoms with E-state index < -0.39 is 0 Å². The van der Waals surface area contributed by atoms with Gasteiger partial charge in [-0.3, -0.25) is 4.79 Å². The molecule has 0 aromatic carbocycles. The molecule has 0 aliphatic rings. The number of carbonyl (C=O) groups excluding carboxylic acids is 1. The summed E-state index contributed by atoms with van der Waals surface area (Å²) in [4.78, 5) is 10.8. The van der Waals surface area contributed by atoms with Crippen molar-refractivity contribution >= 4 is 21.7 Å². The second-order valence-corrected chi connectivity index (χ2v) is 2.93. The van der Waals surface area contributed by atoms with Gasteiger partial charge in [-0.2, -0.15) is 0 Å². The highest BCUT2D eigenvalue weighted by Crippen LogP contribution is 2.00. The van der Waals surface area contributed by atoms with E-state index in [2.05, 4.69) is 15.9 Å². The largest absolute Gasteiger partial charge is 0.321 e. The summed E-state index contributed by atoms with van der Waals surface area (Å²) in [5.74, 6) is 0.319. The topological polar surface area (TPSA) is 43.1 Å². The zero-order valence-electron chi connectivity index (χ0n) is 5.73. The first kappa shape index (κ1) is 9.11. The minimum Gasteiger partial charge on any atom is -0.321 e. The Labute approximate surface area is 63.9 Å². The summed E-state index contributed by atoms with van der Waals surface area (Å²) >= 11 is 3.05. The van der Waals surface area contributed by atoms with Gasteiger partial charge in [0, 0.05) is 0 Å². The van der Waals surface area contributed by atoms with Crippen molar-refractivity contribution in [3.8, 4) is 0 Å². The number of hydrogen-bond acceptors (Lipinski definition) is 2. The Morgan fingerprint density at radius 1 is 1.67 bits per heavy atom. The Bertz CT molecular complexity index is 103. The number of carbonyl (C=O) groups is 1. The third-order valence-electron chi connectivity index (χ3n) is 1.22. The summed E-state index contributed by atoms with van der Waals surface area (Å²) < 4.78 is 0. The second kappa shape index (κ2) is 4.01. The lowest BCUT2D eigenvalue weighted by atomic mass is 10.0. The van der Waals surface area contributed by atoms with E-state index in [1.807, 2.05) is 13.8 Å². The molecule has 2 nitrogen and oxygen atoms in total. The van der Waals surface area contributed by atoms with Gasteiger partial charge >= 0.3 is 0 Å². The highest BCUT2D eigenvalue weighted by Gasteiger charge is 2.14. The van der Waals surface area contributed by atoms with Crippen LogP contribution in [0.3, 0.4) is 0 Å². The molecule has 54 valence electrons. The number of alkyl halides is 1. The lowest BCUT2D eigenvalue weighted by molar-refractivity contribution is -0.118. The van der Waals surface area contributed by atoms with Gasteiger partial charge in [0.1, 0.15) is 0 Å². The molecule has 1 atom stereocenters. The van der Waals surface area contributed by atoms with Crippen molar-refractivity contribution < 1.29 is 4.79 Å². The summed E-state index contributed by atoms with van der Waals surface area (Å²) in [5, 5.41) is 0.367. The van der Waals surface area contributed by atoms with Gasteiger partial charge in [-0.25, -0.2) is 0 Å². The van der Waals surface area contributed by atoms with E-state index in [0.29, 0.717) is 5.33 Å². The molecule has 0 saturated heterocycles. The van der Waals surface area contributed by atoms with Crippen LogP contribution in [0.15, 0.2) is 0 Å². The fraction of sp³-hybridized carbons (Fsp3) is 0.833. The number of hydrogen-bond donors (Lipinski definition) is 1. The van der Waals surface area contributed by atoms with E-state index in [-0.39, 0.29) is 17.7 Å². The van der Waals surface area contributed by atoms with Crippen LogP contribution in [0.1, 0.15) is 13.8 Å². The summed E-state index contributed by atoms with van der Waals surface area (Å²) in [5.41, 5.74) is 5.49. The number of halogens is 1. The Kier molecular flexibility index (Phi) is 4.06. The van der Waals surface area contributed by atoms with Crippen LogP contribution >= 0.6 is 15.9 Å². The third kappa shape index (κ3) is 2.96. The summed E-state index contributed by atoms with van der Waals surface area (Å²) in [6, 6.07) is -0.302. The van der Waals surface area contributed by atoms with Gasteiger partial charge in [0.05, 0.1) is 11.4 Å². The van der Waals surface area contributed by atoms with Gasteiger partial charge in [-0.05, 0) is 5.92 Å². The van der Waals surface area contributed by atoms with Gasteiger partial charge < -0.3 is 5.73 Å². The van der Waals surface area contributed by atoms with Crippen LogP contribution in [0.5, 0.6) is 0 Å². The van der Waals surface area contributed by atoms with Crippen molar-refractivity contribution in [3.63, 3.8) is 0 Å². The molecule has 0 saturated carbocycles. The van der Waals surface area contributed by atoms with Crippen LogP contribution in [-0.4, -0.2) is 17.2 Å². The van der Waals surface area contributed by atoms with E-state index >= 15 is 0 Å². The lowest BCUT2D eigenvalue weighted by Gasteiger charge is -2.11. The maximum Gasteiger partial charge on any atom is 0.160 e. The SMILES string of the molecule is CC(C)[C@@H](N)C(=O)CBr. The average molecular weight is 194 g/mol. The Morgan fingerprint density at radius 3 is 2.22 bits per heavy atom. The highest BCUT2D eigenvalue weighted by atomic mass is 79.9. The summed E-state index contributed by atoms with van der Waals surface area (Å²) in [6.07, 6.45) is 0. The molecule has 3 heteroatoms. The minimum atomic E-state index is -0.302.